The molecule has 1 aliphatic heterocycles. The Hall–Kier alpha value is -1.29. The van der Waals surface area contributed by atoms with Crippen LogP contribution in [0.5, 0.6) is 5.75 Å². The minimum absolute atomic E-state index is 0.526. The van der Waals surface area contributed by atoms with Gasteiger partial charge in [-0.2, -0.15) is 5.10 Å². The van der Waals surface area contributed by atoms with Gasteiger partial charge in [-0.3, -0.25) is 0 Å². The maximum Gasteiger partial charge on any atom is 0.197 e. The zero-order valence-corrected chi connectivity index (χ0v) is 9.08. The standard InChI is InChI=1S/C10H10ClN3O/c1-6-5-12-10-8-7(3-2-4-15-8)9(11)13-14(6)10/h5H,2-4H2,1H3. The normalized spacial score (nSPS) is 15.1. The monoisotopic (exact) mass is 223 g/mol. The molecule has 0 fully saturated rings. The number of fused-ring (bicyclic) bond motifs is 3. The van der Waals surface area contributed by atoms with Gasteiger partial charge in [0.1, 0.15) is 0 Å². The van der Waals surface area contributed by atoms with Crippen molar-refractivity contribution in [2.24, 2.45) is 0 Å². The van der Waals surface area contributed by atoms with Crippen molar-refractivity contribution < 1.29 is 4.74 Å². The molecule has 0 saturated carbocycles. The number of nitrogens with zero attached hydrogens (tertiary/aromatic N) is 3. The summed E-state index contributed by atoms with van der Waals surface area (Å²) in [4.78, 5) is 4.29. The summed E-state index contributed by atoms with van der Waals surface area (Å²) >= 11 is 6.11. The topological polar surface area (TPSA) is 39.4 Å². The fourth-order valence-corrected chi connectivity index (χ4v) is 2.14. The number of rotatable bonds is 0. The van der Waals surface area contributed by atoms with Crippen LogP contribution in [0.3, 0.4) is 0 Å². The summed E-state index contributed by atoms with van der Waals surface area (Å²) < 4.78 is 7.35. The summed E-state index contributed by atoms with van der Waals surface area (Å²) in [5, 5.41) is 4.81. The molecule has 3 rings (SSSR count). The molecule has 0 unspecified atom stereocenters. The van der Waals surface area contributed by atoms with Gasteiger partial charge in [-0.1, -0.05) is 11.6 Å². The van der Waals surface area contributed by atoms with Gasteiger partial charge in [0.15, 0.2) is 16.5 Å². The summed E-state index contributed by atoms with van der Waals surface area (Å²) in [5.41, 5.74) is 2.72. The first-order chi connectivity index (χ1) is 7.27. The Bertz CT molecular complexity index is 535. The Morgan fingerprint density at radius 1 is 1.53 bits per heavy atom. The highest BCUT2D eigenvalue weighted by atomic mass is 35.5. The van der Waals surface area contributed by atoms with Gasteiger partial charge in [-0.25, -0.2) is 9.50 Å². The molecule has 0 spiro atoms. The van der Waals surface area contributed by atoms with Crippen LogP contribution >= 0.6 is 11.6 Å². The number of aryl methyl sites for hydroxylation is 1. The number of ether oxygens (including phenoxy) is 1. The SMILES string of the molecule is Cc1cnc2c3c(c(Cl)nn12)CCCO3. The predicted octanol–water partition coefficient (Wildman–Crippen LogP) is 2.02. The Kier molecular flexibility index (Phi) is 1.85. The first kappa shape index (κ1) is 8.97. The lowest BCUT2D eigenvalue weighted by molar-refractivity contribution is 0.289. The Morgan fingerprint density at radius 2 is 2.40 bits per heavy atom. The molecule has 2 aromatic rings. The number of halogens is 1. The van der Waals surface area contributed by atoms with E-state index in [0.717, 1.165) is 42.1 Å². The largest absolute Gasteiger partial charge is 0.489 e. The van der Waals surface area contributed by atoms with Crippen molar-refractivity contribution in [1.82, 2.24) is 14.6 Å². The van der Waals surface area contributed by atoms with Gasteiger partial charge in [0.25, 0.3) is 0 Å². The van der Waals surface area contributed by atoms with Crippen LogP contribution in [0.4, 0.5) is 0 Å². The molecule has 2 aromatic heterocycles. The number of hydrogen-bond donors (Lipinski definition) is 0. The summed E-state index contributed by atoms with van der Waals surface area (Å²) in [7, 11) is 0. The van der Waals surface area contributed by atoms with Crippen molar-refractivity contribution in [3.05, 3.63) is 22.6 Å². The Labute approximate surface area is 91.8 Å². The predicted molar refractivity (Wildman–Crippen MR) is 56.6 cm³/mol. The molecule has 1 aliphatic rings. The second-order valence-electron chi connectivity index (χ2n) is 3.69. The quantitative estimate of drug-likeness (QED) is 0.686. The van der Waals surface area contributed by atoms with Gasteiger partial charge in [0, 0.05) is 5.56 Å². The second-order valence-corrected chi connectivity index (χ2v) is 4.04. The van der Waals surface area contributed by atoms with Crippen molar-refractivity contribution in [1.29, 1.82) is 0 Å². The van der Waals surface area contributed by atoms with Crippen molar-refractivity contribution in [2.75, 3.05) is 6.61 Å². The highest BCUT2D eigenvalue weighted by Gasteiger charge is 2.20. The van der Waals surface area contributed by atoms with Crippen molar-refractivity contribution in [3.63, 3.8) is 0 Å². The number of aromatic nitrogens is 3. The molecule has 15 heavy (non-hydrogen) atoms. The first-order valence-corrected chi connectivity index (χ1v) is 5.30. The molecule has 4 nitrogen and oxygen atoms in total. The van der Waals surface area contributed by atoms with Crippen LogP contribution in [0.1, 0.15) is 17.7 Å². The molecule has 0 radical (unpaired) electrons. The van der Waals surface area contributed by atoms with Gasteiger partial charge < -0.3 is 4.74 Å². The van der Waals surface area contributed by atoms with Crippen LogP contribution in [-0.4, -0.2) is 21.2 Å². The van der Waals surface area contributed by atoms with Crippen molar-refractivity contribution >= 4 is 17.2 Å². The molecule has 0 aliphatic carbocycles. The molecule has 0 bridgehead atoms. The lowest BCUT2D eigenvalue weighted by Gasteiger charge is -2.18. The highest BCUT2D eigenvalue weighted by molar-refractivity contribution is 6.30. The number of imidazole rings is 1. The van der Waals surface area contributed by atoms with E-state index in [9.17, 15) is 0 Å². The molecule has 0 N–H and O–H groups in total. The van der Waals surface area contributed by atoms with Crippen LogP contribution in [0.25, 0.3) is 5.65 Å². The Balaban J connectivity index is 2.40. The van der Waals surface area contributed by atoms with E-state index in [1.54, 1.807) is 10.7 Å². The second kappa shape index (κ2) is 3.10. The van der Waals surface area contributed by atoms with Crippen LogP contribution in [0.15, 0.2) is 6.20 Å². The van der Waals surface area contributed by atoms with E-state index in [1.807, 2.05) is 6.92 Å². The molecule has 0 saturated heterocycles. The van der Waals surface area contributed by atoms with Crippen LogP contribution < -0.4 is 4.74 Å². The smallest absolute Gasteiger partial charge is 0.197 e. The minimum Gasteiger partial charge on any atom is -0.489 e. The van der Waals surface area contributed by atoms with Gasteiger partial charge in [-0.15, -0.1) is 0 Å². The summed E-state index contributed by atoms with van der Waals surface area (Å²) in [6, 6.07) is 0. The van der Waals surface area contributed by atoms with Gasteiger partial charge in [-0.05, 0) is 19.8 Å². The van der Waals surface area contributed by atoms with Gasteiger partial charge in [0.05, 0.1) is 18.5 Å². The van der Waals surface area contributed by atoms with E-state index in [0.29, 0.717) is 5.15 Å². The molecule has 0 atom stereocenters. The highest BCUT2D eigenvalue weighted by Crippen LogP contribution is 2.33. The van der Waals surface area contributed by atoms with Gasteiger partial charge >= 0.3 is 0 Å². The number of hydrogen-bond acceptors (Lipinski definition) is 3. The maximum absolute atomic E-state index is 6.11. The third kappa shape index (κ3) is 1.21. The van der Waals surface area contributed by atoms with E-state index in [4.69, 9.17) is 16.3 Å². The van der Waals surface area contributed by atoms with Crippen LogP contribution in [0.2, 0.25) is 5.15 Å². The summed E-state index contributed by atoms with van der Waals surface area (Å²) in [6.07, 6.45) is 3.69. The summed E-state index contributed by atoms with van der Waals surface area (Å²) in [5.74, 6) is 0.800. The van der Waals surface area contributed by atoms with E-state index in [2.05, 4.69) is 10.1 Å². The molecular formula is C10H10ClN3O. The first-order valence-electron chi connectivity index (χ1n) is 4.93. The molecule has 78 valence electrons. The molecular weight excluding hydrogens is 214 g/mol. The minimum atomic E-state index is 0.526. The van der Waals surface area contributed by atoms with E-state index >= 15 is 0 Å². The third-order valence-electron chi connectivity index (χ3n) is 2.64. The van der Waals surface area contributed by atoms with E-state index in [1.165, 1.54) is 0 Å². The van der Waals surface area contributed by atoms with Crippen LogP contribution in [0, 0.1) is 6.92 Å². The molecule has 0 amide bonds. The summed E-state index contributed by atoms with van der Waals surface area (Å²) in [6.45, 7) is 2.67. The maximum atomic E-state index is 6.11. The fraction of sp³-hybridized carbons (Fsp3) is 0.400. The molecule has 3 heterocycles. The lowest BCUT2D eigenvalue weighted by Crippen LogP contribution is -2.12. The molecule has 5 heteroatoms. The van der Waals surface area contributed by atoms with Crippen molar-refractivity contribution in [3.8, 4) is 5.75 Å². The molecule has 0 aromatic carbocycles. The zero-order valence-electron chi connectivity index (χ0n) is 8.33. The van der Waals surface area contributed by atoms with E-state index in [-0.39, 0.29) is 0 Å². The van der Waals surface area contributed by atoms with E-state index < -0.39 is 0 Å². The fourth-order valence-electron chi connectivity index (χ4n) is 1.88. The van der Waals surface area contributed by atoms with Crippen LogP contribution in [-0.2, 0) is 6.42 Å². The van der Waals surface area contributed by atoms with Gasteiger partial charge in [0.2, 0.25) is 0 Å². The average molecular weight is 224 g/mol. The van der Waals surface area contributed by atoms with Crippen molar-refractivity contribution in [2.45, 2.75) is 19.8 Å². The lowest BCUT2D eigenvalue weighted by atomic mass is 10.1. The third-order valence-corrected chi connectivity index (χ3v) is 2.94. The zero-order chi connectivity index (χ0) is 10.4. The average Bonchev–Trinajstić information content (AvgIpc) is 2.62. The Morgan fingerprint density at radius 3 is 3.27 bits per heavy atom.